The molecule has 1 N–H and O–H groups in total. The summed E-state index contributed by atoms with van der Waals surface area (Å²) in [7, 11) is 0. The molecule has 0 fully saturated rings. The Kier molecular flexibility index (Phi) is 3.31. The lowest BCUT2D eigenvalue weighted by Gasteiger charge is -2.03. The van der Waals surface area contributed by atoms with Crippen LogP contribution in [0.4, 0.5) is 0 Å². The van der Waals surface area contributed by atoms with Crippen LogP contribution in [0.5, 0.6) is 0 Å². The fourth-order valence-corrected chi connectivity index (χ4v) is 2.10. The van der Waals surface area contributed by atoms with Gasteiger partial charge in [-0.25, -0.2) is 4.68 Å². The van der Waals surface area contributed by atoms with Crippen LogP contribution in [0.25, 0.3) is 5.69 Å². The first-order valence-corrected chi connectivity index (χ1v) is 6.06. The van der Waals surface area contributed by atoms with Gasteiger partial charge in [0.25, 0.3) is 5.56 Å². The number of aromatic amines is 1. The smallest absolute Gasteiger partial charge is 0.274 e. The van der Waals surface area contributed by atoms with Gasteiger partial charge in [0.15, 0.2) is 0 Å². The SMILES string of the molecule is CCc1c(C)[nH]n(-c2ccc(Cl)c(Cl)c2)c1=O. The van der Waals surface area contributed by atoms with Crippen molar-refractivity contribution in [1.82, 2.24) is 9.78 Å². The van der Waals surface area contributed by atoms with Gasteiger partial charge >= 0.3 is 0 Å². The second-order valence-corrected chi connectivity index (χ2v) is 4.62. The van der Waals surface area contributed by atoms with Gasteiger partial charge in [-0.2, -0.15) is 0 Å². The molecular weight excluding hydrogens is 259 g/mol. The van der Waals surface area contributed by atoms with Gasteiger partial charge in [-0.05, 0) is 31.5 Å². The predicted octanol–water partition coefficient (Wildman–Crippen LogP) is 3.34. The summed E-state index contributed by atoms with van der Waals surface area (Å²) in [5.41, 5.74) is 2.32. The quantitative estimate of drug-likeness (QED) is 0.893. The van der Waals surface area contributed by atoms with Gasteiger partial charge < -0.3 is 0 Å². The van der Waals surface area contributed by atoms with E-state index in [1.807, 2.05) is 13.8 Å². The minimum atomic E-state index is -0.0385. The number of H-pyrrole nitrogens is 1. The van der Waals surface area contributed by atoms with Crippen LogP contribution < -0.4 is 5.56 Å². The van der Waals surface area contributed by atoms with Gasteiger partial charge in [-0.1, -0.05) is 30.1 Å². The number of benzene rings is 1. The first kappa shape index (κ1) is 12.3. The van der Waals surface area contributed by atoms with Gasteiger partial charge in [0.05, 0.1) is 15.7 Å². The number of nitrogens with zero attached hydrogens (tertiary/aromatic N) is 1. The first-order chi connectivity index (χ1) is 8.04. The van der Waals surface area contributed by atoms with Crippen LogP contribution in [0.1, 0.15) is 18.2 Å². The topological polar surface area (TPSA) is 37.8 Å². The predicted molar refractivity (Wildman–Crippen MR) is 70.5 cm³/mol. The highest BCUT2D eigenvalue weighted by molar-refractivity contribution is 6.42. The molecule has 2 aromatic rings. The molecule has 1 aromatic carbocycles. The number of halogens is 2. The second kappa shape index (κ2) is 4.59. The lowest BCUT2D eigenvalue weighted by Crippen LogP contribution is -2.16. The van der Waals surface area contributed by atoms with Crippen molar-refractivity contribution in [1.29, 1.82) is 0 Å². The maximum atomic E-state index is 12.1. The van der Waals surface area contributed by atoms with Crippen molar-refractivity contribution >= 4 is 23.2 Å². The Morgan fingerprint density at radius 2 is 2.00 bits per heavy atom. The molecule has 17 heavy (non-hydrogen) atoms. The average molecular weight is 271 g/mol. The number of aryl methyl sites for hydroxylation is 1. The summed E-state index contributed by atoms with van der Waals surface area (Å²) in [5.74, 6) is 0. The minimum absolute atomic E-state index is 0.0385. The van der Waals surface area contributed by atoms with Crippen LogP contribution in [0.15, 0.2) is 23.0 Å². The van der Waals surface area contributed by atoms with E-state index >= 15 is 0 Å². The van der Waals surface area contributed by atoms with Crippen LogP contribution >= 0.6 is 23.2 Å². The molecule has 0 aliphatic rings. The minimum Gasteiger partial charge on any atom is -0.295 e. The highest BCUT2D eigenvalue weighted by atomic mass is 35.5. The van der Waals surface area contributed by atoms with E-state index in [-0.39, 0.29) is 5.56 Å². The molecule has 0 aliphatic carbocycles. The van der Waals surface area contributed by atoms with E-state index in [9.17, 15) is 4.79 Å². The van der Waals surface area contributed by atoms with Gasteiger partial charge in [0.2, 0.25) is 0 Å². The molecule has 1 aromatic heterocycles. The van der Waals surface area contributed by atoms with Crippen molar-refractivity contribution in [3.05, 3.63) is 49.9 Å². The van der Waals surface area contributed by atoms with E-state index in [0.717, 1.165) is 11.3 Å². The van der Waals surface area contributed by atoms with Crippen molar-refractivity contribution in [2.45, 2.75) is 20.3 Å². The molecule has 0 amide bonds. The monoisotopic (exact) mass is 270 g/mol. The Balaban J connectivity index is 2.61. The Hall–Kier alpha value is -1.19. The number of aromatic nitrogens is 2. The molecule has 0 spiro atoms. The molecule has 0 aliphatic heterocycles. The van der Waals surface area contributed by atoms with E-state index in [0.29, 0.717) is 22.2 Å². The summed E-state index contributed by atoms with van der Waals surface area (Å²) >= 11 is 11.8. The fraction of sp³-hybridized carbons (Fsp3) is 0.250. The molecular formula is C12H12Cl2N2O. The maximum absolute atomic E-state index is 12.1. The summed E-state index contributed by atoms with van der Waals surface area (Å²) in [4.78, 5) is 12.1. The highest BCUT2D eigenvalue weighted by Gasteiger charge is 2.11. The summed E-state index contributed by atoms with van der Waals surface area (Å²) in [6.07, 6.45) is 0.704. The summed E-state index contributed by atoms with van der Waals surface area (Å²) < 4.78 is 1.48. The third-order valence-corrected chi connectivity index (χ3v) is 3.45. The Labute approximate surface area is 109 Å². The highest BCUT2D eigenvalue weighted by Crippen LogP contribution is 2.23. The zero-order valence-corrected chi connectivity index (χ0v) is 11.1. The molecule has 90 valence electrons. The number of nitrogens with one attached hydrogen (secondary N) is 1. The molecule has 0 saturated heterocycles. The van der Waals surface area contributed by atoms with Crippen molar-refractivity contribution in [3.8, 4) is 5.69 Å². The van der Waals surface area contributed by atoms with Crippen LogP contribution in [0.3, 0.4) is 0 Å². The largest absolute Gasteiger partial charge is 0.295 e. The van der Waals surface area contributed by atoms with Crippen molar-refractivity contribution < 1.29 is 0 Å². The Morgan fingerprint density at radius 3 is 2.53 bits per heavy atom. The van der Waals surface area contributed by atoms with Gasteiger partial charge in [0.1, 0.15) is 0 Å². The fourth-order valence-electron chi connectivity index (χ4n) is 1.80. The van der Waals surface area contributed by atoms with Crippen molar-refractivity contribution in [3.63, 3.8) is 0 Å². The number of hydrogen-bond acceptors (Lipinski definition) is 1. The van der Waals surface area contributed by atoms with Crippen LogP contribution in [0, 0.1) is 6.92 Å². The zero-order chi connectivity index (χ0) is 12.6. The molecule has 0 radical (unpaired) electrons. The van der Waals surface area contributed by atoms with E-state index in [2.05, 4.69) is 5.10 Å². The summed E-state index contributed by atoms with van der Waals surface area (Å²) in [6.45, 7) is 3.84. The Bertz CT molecular complexity index is 613. The van der Waals surface area contributed by atoms with E-state index in [1.54, 1.807) is 18.2 Å². The van der Waals surface area contributed by atoms with E-state index in [4.69, 9.17) is 23.2 Å². The average Bonchev–Trinajstić information content (AvgIpc) is 2.58. The molecule has 5 heteroatoms. The zero-order valence-electron chi connectivity index (χ0n) is 9.55. The standard InChI is InChI=1S/C12H12Cl2N2O/c1-3-9-7(2)15-16(12(9)17)8-4-5-10(13)11(14)6-8/h4-6,15H,3H2,1-2H3. The molecule has 0 unspecified atom stereocenters. The number of hydrogen-bond donors (Lipinski definition) is 1. The molecule has 3 nitrogen and oxygen atoms in total. The van der Waals surface area contributed by atoms with Crippen LogP contribution in [-0.2, 0) is 6.42 Å². The molecule has 0 saturated carbocycles. The van der Waals surface area contributed by atoms with Gasteiger partial charge in [0, 0.05) is 11.3 Å². The van der Waals surface area contributed by atoms with Crippen molar-refractivity contribution in [2.24, 2.45) is 0 Å². The van der Waals surface area contributed by atoms with E-state index < -0.39 is 0 Å². The third kappa shape index (κ3) is 2.13. The summed E-state index contributed by atoms with van der Waals surface area (Å²) in [5, 5.41) is 3.94. The molecule has 0 atom stereocenters. The lowest BCUT2D eigenvalue weighted by atomic mass is 10.2. The molecule has 1 heterocycles. The first-order valence-electron chi connectivity index (χ1n) is 5.30. The summed E-state index contributed by atoms with van der Waals surface area (Å²) in [6, 6.07) is 5.10. The third-order valence-electron chi connectivity index (χ3n) is 2.71. The van der Waals surface area contributed by atoms with Crippen LogP contribution in [-0.4, -0.2) is 9.78 Å². The Morgan fingerprint density at radius 1 is 1.29 bits per heavy atom. The van der Waals surface area contributed by atoms with Crippen molar-refractivity contribution in [2.75, 3.05) is 0 Å². The maximum Gasteiger partial charge on any atom is 0.274 e. The normalized spacial score (nSPS) is 10.8. The van der Waals surface area contributed by atoms with Crippen LogP contribution in [0.2, 0.25) is 10.0 Å². The van der Waals surface area contributed by atoms with Gasteiger partial charge in [-0.15, -0.1) is 0 Å². The van der Waals surface area contributed by atoms with Gasteiger partial charge in [-0.3, -0.25) is 9.89 Å². The lowest BCUT2D eigenvalue weighted by molar-refractivity contribution is 0.834. The molecule has 0 bridgehead atoms. The number of rotatable bonds is 2. The molecule has 2 rings (SSSR count). The second-order valence-electron chi connectivity index (χ2n) is 3.81. The van der Waals surface area contributed by atoms with E-state index in [1.165, 1.54) is 4.68 Å².